The molecule has 0 saturated carbocycles. The number of hydrogen-bond acceptors (Lipinski definition) is 4. The Morgan fingerprint density at radius 2 is 1.80 bits per heavy atom. The molecule has 0 unspecified atom stereocenters. The Morgan fingerprint density at radius 3 is 2.52 bits per heavy atom. The van der Waals surface area contributed by atoms with Crippen LogP contribution < -0.4 is 15.0 Å². The van der Waals surface area contributed by atoms with Crippen molar-refractivity contribution in [3.05, 3.63) is 95.6 Å². The number of nitrogens with zero attached hydrogens (tertiary/aromatic N) is 5. The number of aryl methyl sites for hydroxylation is 2. The van der Waals surface area contributed by atoms with Gasteiger partial charge in [0, 0.05) is 43.1 Å². The molecule has 0 bridgehead atoms. The Hall–Kier alpha value is -4.66. The van der Waals surface area contributed by atoms with Gasteiger partial charge in [-0.15, -0.1) is 0 Å². The molecule has 0 aliphatic rings. The minimum Gasteiger partial charge on any atom is -0.457 e. The Bertz CT molecular complexity index is 1680. The Morgan fingerprint density at radius 1 is 1.05 bits per heavy atom. The number of hydrogen-bond donors (Lipinski definition) is 1. The largest absolute Gasteiger partial charge is 0.457 e. The SMILES string of the molecule is Cc1ccc(-n2nc(C(C)(C)C)cc2N(C)C(=O)NCc2cc(F)ccc2Oc2ccc3c(cnn3C)c2)cc1. The van der Waals surface area contributed by atoms with Gasteiger partial charge in [0.25, 0.3) is 0 Å². The Kier molecular flexibility index (Phi) is 7.06. The Labute approximate surface area is 233 Å². The van der Waals surface area contributed by atoms with Crippen molar-refractivity contribution in [1.29, 1.82) is 0 Å². The van der Waals surface area contributed by atoms with E-state index in [1.54, 1.807) is 28.7 Å². The summed E-state index contributed by atoms with van der Waals surface area (Å²) in [4.78, 5) is 14.9. The number of nitrogens with one attached hydrogen (secondary N) is 1. The normalized spacial score (nSPS) is 11.6. The first-order valence-corrected chi connectivity index (χ1v) is 13.1. The first kappa shape index (κ1) is 26.9. The van der Waals surface area contributed by atoms with Crippen LogP contribution >= 0.6 is 0 Å². The fraction of sp³-hybridized carbons (Fsp3) is 0.258. The summed E-state index contributed by atoms with van der Waals surface area (Å²) in [6.45, 7) is 8.33. The van der Waals surface area contributed by atoms with Crippen LogP contribution in [0.1, 0.15) is 37.6 Å². The first-order valence-electron chi connectivity index (χ1n) is 13.1. The second kappa shape index (κ2) is 10.5. The van der Waals surface area contributed by atoms with Crippen LogP contribution in [0.5, 0.6) is 11.5 Å². The molecule has 206 valence electrons. The molecule has 0 radical (unpaired) electrons. The molecule has 2 heterocycles. The molecular weight excluding hydrogens is 507 g/mol. The van der Waals surface area contributed by atoms with Crippen molar-refractivity contribution < 1.29 is 13.9 Å². The topological polar surface area (TPSA) is 77.2 Å². The summed E-state index contributed by atoms with van der Waals surface area (Å²) in [6, 6.07) is 19.4. The van der Waals surface area contributed by atoms with Gasteiger partial charge in [-0.1, -0.05) is 38.5 Å². The Balaban J connectivity index is 1.37. The molecule has 0 fully saturated rings. The van der Waals surface area contributed by atoms with Crippen molar-refractivity contribution in [2.24, 2.45) is 7.05 Å². The molecule has 9 heteroatoms. The number of fused-ring (bicyclic) bond motifs is 1. The van der Waals surface area contributed by atoms with Crippen molar-refractivity contribution >= 4 is 22.8 Å². The van der Waals surface area contributed by atoms with Gasteiger partial charge in [-0.2, -0.15) is 10.2 Å². The van der Waals surface area contributed by atoms with Crippen molar-refractivity contribution in [2.75, 3.05) is 11.9 Å². The van der Waals surface area contributed by atoms with Crippen molar-refractivity contribution in [2.45, 2.75) is 39.7 Å². The second-order valence-electron chi connectivity index (χ2n) is 10.9. The summed E-state index contributed by atoms with van der Waals surface area (Å²) >= 11 is 0. The lowest BCUT2D eigenvalue weighted by Crippen LogP contribution is -2.38. The molecule has 0 spiro atoms. The maximum Gasteiger partial charge on any atom is 0.323 e. The van der Waals surface area contributed by atoms with Crippen LogP contribution in [0.25, 0.3) is 16.6 Å². The zero-order chi connectivity index (χ0) is 28.6. The molecule has 3 aromatic carbocycles. The average Bonchev–Trinajstić information content (AvgIpc) is 3.53. The van der Waals surface area contributed by atoms with Crippen LogP contribution in [-0.4, -0.2) is 32.6 Å². The number of urea groups is 1. The number of halogens is 1. The third kappa shape index (κ3) is 5.54. The van der Waals surface area contributed by atoms with Gasteiger partial charge in [-0.3, -0.25) is 9.58 Å². The van der Waals surface area contributed by atoms with Gasteiger partial charge in [-0.05, 0) is 55.5 Å². The molecule has 0 aliphatic carbocycles. The lowest BCUT2D eigenvalue weighted by atomic mass is 9.92. The van der Waals surface area contributed by atoms with E-state index in [2.05, 4.69) is 31.2 Å². The highest BCUT2D eigenvalue weighted by atomic mass is 19.1. The molecule has 0 aliphatic heterocycles. The zero-order valence-electron chi connectivity index (χ0n) is 23.6. The van der Waals surface area contributed by atoms with Crippen molar-refractivity contribution in [3.8, 4) is 17.2 Å². The number of benzene rings is 3. The van der Waals surface area contributed by atoms with Crippen LogP contribution in [0.15, 0.2) is 72.9 Å². The van der Waals surface area contributed by atoms with E-state index in [-0.39, 0.29) is 18.0 Å². The molecular formula is C31H33FN6O2. The highest BCUT2D eigenvalue weighted by Crippen LogP contribution is 2.30. The van der Waals surface area contributed by atoms with Crippen LogP contribution in [0.4, 0.5) is 15.0 Å². The van der Waals surface area contributed by atoms with Gasteiger partial charge in [0.05, 0.1) is 23.1 Å². The van der Waals surface area contributed by atoms with E-state index in [1.165, 1.54) is 17.0 Å². The van der Waals surface area contributed by atoms with E-state index in [9.17, 15) is 9.18 Å². The van der Waals surface area contributed by atoms with Gasteiger partial charge < -0.3 is 10.1 Å². The summed E-state index contributed by atoms with van der Waals surface area (Å²) in [6.07, 6.45) is 1.76. The minimum atomic E-state index is -0.417. The number of rotatable bonds is 6. The maximum atomic E-state index is 14.2. The standard InChI is InChI=1S/C31H33FN6O2/c1-20-7-10-24(11-8-20)38-29(17-28(35-38)31(2,3)4)36(5)30(39)33-18-22-15-23(32)9-14-27(22)40-25-12-13-26-21(16-25)19-34-37(26)6/h7-17,19H,18H2,1-6H3,(H,33,39). The maximum absolute atomic E-state index is 14.2. The lowest BCUT2D eigenvalue weighted by molar-refractivity contribution is 0.246. The van der Waals surface area contributed by atoms with Crippen molar-refractivity contribution in [3.63, 3.8) is 0 Å². The van der Waals surface area contributed by atoms with Gasteiger partial charge in [-0.25, -0.2) is 13.9 Å². The molecule has 5 aromatic rings. The van der Waals surface area contributed by atoms with E-state index < -0.39 is 5.82 Å². The summed E-state index contributed by atoms with van der Waals surface area (Å²) < 4.78 is 23.9. The molecule has 0 atom stereocenters. The second-order valence-corrected chi connectivity index (χ2v) is 10.9. The van der Waals surface area contributed by atoms with Gasteiger partial charge in [0.2, 0.25) is 0 Å². The molecule has 0 saturated heterocycles. The predicted octanol–water partition coefficient (Wildman–Crippen LogP) is 6.64. The van der Waals surface area contributed by atoms with E-state index in [0.717, 1.165) is 27.8 Å². The first-order chi connectivity index (χ1) is 19.0. The third-order valence-corrected chi connectivity index (χ3v) is 6.78. The highest BCUT2D eigenvalue weighted by Gasteiger charge is 2.24. The van der Waals surface area contributed by atoms with Crippen LogP contribution in [0.2, 0.25) is 0 Å². The summed E-state index contributed by atoms with van der Waals surface area (Å²) in [7, 11) is 3.56. The predicted molar refractivity (Wildman–Crippen MR) is 155 cm³/mol. The number of anilines is 1. The number of ether oxygens (including phenoxy) is 1. The van der Waals surface area contributed by atoms with Crippen molar-refractivity contribution in [1.82, 2.24) is 24.9 Å². The smallest absolute Gasteiger partial charge is 0.323 e. The van der Waals surface area contributed by atoms with Crippen LogP contribution in [0.3, 0.4) is 0 Å². The average molecular weight is 541 g/mol. The lowest BCUT2D eigenvalue weighted by Gasteiger charge is -2.20. The zero-order valence-corrected chi connectivity index (χ0v) is 23.6. The number of aromatic nitrogens is 4. The minimum absolute atomic E-state index is 0.0657. The highest BCUT2D eigenvalue weighted by molar-refractivity contribution is 5.91. The van der Waals surface area contributed by atoms with Gasteiger partial charge >= 0.3 is 6.03 Å². The van der Waals surface area contributed by atoms with E-state index in [1.807, 2.05) is 62.5 Å². The third-order valence-electron chi connectivity index (χ3n) is 6.78. The summed E-state index contributed by atoms with van der Waals surface area (Å²) in [5, 5.41) is 12.9. The number of carbonyl (C=O) groups excluding carboxylic acids is 1. The molecule has 2 amide bonds. The molecule has 1 N–H and O–H groups in total. The van der Waals surface area contributed by atoms with Crippen LogP contribution in [0, 0.1) is 12.7 Å². The quantitative estimate of drug-likeness (QED) is 0.262. The molecule has 2 aromatic heterocycles. The molecule has 5 rings (SSSR count). The number of amides is 2. The summed E-state index contributed by atoms with van der Waals surface area (Å²) in [5.74, 6) is 1.24. The fourth-order valence-electron chi connectivity index (χ4n) is 4.36. The summed E-state index contributed by atoms with van der Waals surface area (Å²) in [5.41, 5.74) is 4.11. The monoisotopic (exact) mass is 540 g/mol. The van der Waals surface area contributed by atoms with Gasteiger partial charge in [0.15, 0.2) is 0 Å². The van der Waals surface area contributed by atoms with Gasteiger partial charge in [0.1, 0.15) is 23.1 Å². The molecule has 8 nitrogen and oxygen atoms in total. The van der Waals surface area contributed by atoms with E-state index in [4.69, 9.17) is 9.84 Å². The molecule has 40 heavy (non-hydrogen) atoms. The number of carbonyl (C=O) groups is 1. The van der Waals surface area contributed by atoms with E-state index in [0.29, 0.717) is 22.9 Å². The fourth-order valence-corrected chi connectivity index (χ4v) is 4.36. The van der Waals surface area contributed by atoms with E-state index >= 15 is 0 Å². The van der Waals surface area contributed by atoms with Crippen LogP contribution in [-0.2, 0) is 19.0 Å².